The van der Waals surface area contributed by atoms with Crippen LogP contribution in [0.3, 0.4) is 0 Å². The van der Waals surface area contributed by atoms with Crippen LogP contribution < -0.4 is 10.2 Å². The number of hydrogen-bond donors (Lipinski definition) is 1. The maximum Gasteiger partial charge on any atom is 0.338 e. The Kier molecular flexibility index (Phi) is 6.08. The number of carbonyl (C=O) groups excluding carboxylic acids is 2. The number of benzene rings is 2. The summed E-state index contributed by atoms with van der Waals surface area (Å²) < 4.78 is 10.6. The van der Waals surface area contributed by atoms with E-state index < -0.39 is 12.1 Å². The summed E-state index contributed by atoms with van der Waals surface area (Å²) >= 11 is 0. The molecule has 0 saturated carbocycles. The molecule has 27 heavy (non-hydrogen) atoms. The third-order valence-electron chi connectivity index (χ3n) is 4.45. The molecule has 1 saturated heterocycles. The van der Waals surface area contributed by atoms with Gasteiger partial charge in [0, 0.05) is 24.5 Å². The van der Waals surface area contributed by atoms with E-state index >= 15 is 0 Å². The first-order valence-electron chi connectivity index (χ1n) is 9.04. The van der Waals surface area contributed by atoms with Crippen LogP contribution in [-0.4, -0.2) is 44.3 Å². The van der Waals surface area contributed by atoms with E-state index in [-0.39, 0.29) is 5.91 Å². The highest BCUT2D eigenvalue weighted by Crippen LogP contribution is 2.19. The lowest BCUT2D eigenvalue weighted by molar-refractivity contribution is -0.123. The molecule has 1 amide bonds. The molecular weight excluding hydrogens is 344 g/mol. The van der Waals surface area contributed by atoms with E-state index in [4.69, 9.17) is 9.47 Å². The molecule has 0 bridgehead atoms. The minimum Gasteiger partial charge on any atom is -0.449 e. The second kappa shape index (κ2) is 8.68. The van der Waals surface area contributed by atoms with E-state index in [1.807, 2.05) is 43.3 Å². The van der Waals surface area contributed by atoms with Gasteiger partial charge in [0.1, 0.15) is 0 Å². The van der Waals surface area contributed by atoms with E-state index in [2.05, 4.69) is 10.2 Å². The van der Waals surface area contributed by atoms with Gasteiger partial charge in [0.2, 0.25) is 0 Å². The number of aryl methyl sites for hydroxylation is 1. The minimum absolute atomic E-state index is 0.366. The van der Waals surface area contributed by atoms with Crippen LogP contribution in [0.5, 0.6) is 0 Å². The van der Waals surface area contributed by atoms with Gasteiger partial charge in [-0.1, -0.05) is 17.7 Å². The number of anilines is 2. The zero-order chi connectivity index (χ0) is 19.2. The number of amides is 1. The van der Waals surface area contributed by atoms with Gasteiger partial charge in [0.15, 0.2) is 6.10 Å². The molecule has 1 aliphatic rings. The van der Waals surface area contributed by atoms with Crippen LogP contribution >= 0.6 is 0 Å². The lowest BCUT2D eigenvalue weighted by atomic mass is 10.1. The van der Waals surface area contributed by atoms with Crippen LogP contribution in [-0.2, 0) is 14.3 Å². The number of ether oxygens (including phenoxy) is 2. The highest BCUT2D eigenvalue weighted by atomic mass is 16.5. The molecule has 2 aromatic rings. The summed E-state index contributed by atoms with van der Waals surface area (Å²) in [5, 5.41) is 2.78. The van der Waals surface area contributed by atoms with E-state index in [9.17, 15) is 9.59 Å². The average Bonchev–Trinajstić information content (AvgIpc) is 2.69. The Bertz CT molecular complexity index is 781. The van der Waals surface area contributed by atoms with Crippen molar-refractivity contribution in [3.8, 4) is 0 Å². The highest BCUT2D eigenvalue weighted by Gasteiger charge is 2.19. The Morgan fingerprint density at radius 3 is 2.30 bits per heavy atom. The first-order valence-corrected chi connectivity index (χ1v) is 9.04. The molecule has 6 nitrogen and oxygen atoms in total. The van der Waals surface area contributed by atoms with Gasteiger partial charge in [0.25, 0.3) is 5.91 Å². The van der Waals surface area contributed by atoms with Gasteiger partial charge in [-0.25, -0.2) is 4.79 Å². The standard InChI is InChI=1S/C21H24N2O4/c1-15-3-5-17(6-4-15)21(25)27-16(2)20(24)22-18-7-9-19(10-8-18)23-11-13-26-14-12-23/h3-10,16H,11-14H2,1-2H3,(H,22,24). The molecule has 3 rings (SSSR count). The van der Waals surface area contributed by atoms with E-state index in [0.29, 0.717) is 11.3 Å². The number of esters is 1. The SMILES string of the molecule is Cc1ccc(C(=O)OC(C)C(=O)Nc2ccc(N3CCOCC3)cc2)cc1. The summed E-state index contributed by atoms with van der Waals surface area (Å²) in [7, 11) is 0. The molecule has 1 fully saturated rings. The van der Waals surface area contributed by atoms with Crippen LogP contribution in [0.15, 0.2) is 48.5 Å². The van der Waals surface area contributed by atoms with Crippen LogP contribution in [0.25, 0.3) is 0 Å². The van der Waals surface area contributed by atoms with Gasteiger partial charge < -0.3 is 19.7 Å². The molecule has 142 valence electrons. The summed E-state index contributed by atoms with van der Waals surface area (Å²) in [6.45, 7) is 6.67. The van der Waals surface area contributed by atoms with Crippen LogP contribution in [0, 0.1) is 6.92 Å². The summed E-state index contributed by atoms with van der Waals surface area (Å²) in [6.07, 6.45) is -0.891. The maximum absolute atomic E-state index is 12.3. The fourth-order valence-electron chi connectivity index (χ4n) is 2.79. The normalized spacial score (nSPS) is 15.1. The van der Waals surface area contributed by atoms with Gasteiger partial charge in [-0.2, -0.15) is 0 Å². The van der Waals surface area contributed by atoms with Gasteiger partial charge in [-0.15, -0.1) is 0 Å². The predicted octanol–water partition coefficient (Wildman–Crippen LogP) is 3.02. The topological polar surface area (TPSA) is 67.9 Å². The molecule has 1 N–H and O–H groups in total. The highest BCUT2D eigenvalue weighted by molar-refractivity contribution is 5.97. The number of morpholine rings is 1. The Balaban J connectivity index is 1.54. The van der Waals surface area contributed by atoms with Crippen LogP contribution in [0.4, 0.5) is 11.4 Å². The second-order valence-corrected chi connectivity index (χ2v) is 6.55. The van der Waals surface area contributed by atoms with Crippen molar-refractivity contribution in [1.29, 1.82) is 0 Å². The third-order valence-corrected chi connectivity index (χ3v) is 4.45. The number of carbonyl (C=O) groups is 2. The predicted molar refractivity (Wildman–Crippen MR) is 104 cm³/mol. The average molecular weight is 368 g/mol. The van der Waals surface area contributed by atoms with Gasteiger partial charge in [0.05, 0.1) is 18.8 Å². The molecule has 1 atom stereocenters. The van der Waals surface area contributed by atoms with Crippen LogP contribution in [0.2, 0.25) is 0 Å². The van der Waals surface area contributed by atoms with Crippen LogP contribution in [0.1, 0.15) is 22.8 Å². The quantitative estimate of drug-likeness (QED) is 0.822. The van der Waals surface area contributed by atoms with Crippen molar-refractivity contribution in [3.05, 3.63) is 59.7 Å². The van der Waals surface area contributed by atoms with E-state index in [1.54, 1.807) is 19.1 Å². The Labute approximate surface area is 159 Å². The molecule has 1 unspecified atom stereocenters. The molecular formula is C21H24N2O4. The smallest absolute Gasteiger partial charge is 0.338 e. The lowest BCUT2D eigenvalue weighted by Crippen LogP contribution is -2.36. The van der Waals surface area contributed by atoms with Crippen molar-refractivity contribution in [3.63, 3.8) is 0 Å². The molecule has 2 aromatic carbocycles. The largest absolute Gasteiger partial charge is 0.449 e. The minimum atomic E-state index is -0.891. The molecule has 1 aliphatic heterocycles. The summed E-state index contributed by atoms with van der Waals surface area (Å²) in [6, 6.07) is 14.6. The van der Waals surface area contributed by atoms with Gasteiger partial charge in [-0.05, 0) is 50.2 Å². The van der Waals surface area contributed by atoms with Crippen molar-refractivity contribution >= 4 is 23.3 Å². The number of hydrogen-bond acceptors (Lipinski definition) is 5. The van der Waals surface area contributed by atoms with Crippen molar-refractivity contribution < 1.29 is 19.1 Å². The Morgan fingerprint density at radius 1 is 1.04 bits per heavy atom. The number of nitrogens with one attached hydrogen (secondary N) is 1. The molecule has 0 aliphatic carbocycles. The Morgan fingerprint density at radius 2 is 1.67 bits per heavy atom. The van der Waals surface area contributed by atoms with Crippen molar-refractivity contribution in [2.24, 2.45) is 0 Å². The fourth-order valence-corrected chi connectivity index (χ4v) is 2.79. The number of rotatable bonds is 5. The molecule has 0 aromatic heterocycles. The first kappa shape index (κ1) is 18.9. The molecule has 0 radical (unpaired) electrons. The zero-order valence-electron chi connectivity index (χ0n) is 15.6. The fraction of sp³-hybridized carbons (Fsp3) is 0.333. The maximum atomic E-state index is 12.3. The first-order chi connectivity index (χ1) is 13.0. The lowest BCUT2D eigenvalue weighted by Gasteiger charge is -2.28. The molecule has 0 spiro atoms. The zero-order valence-corrected chi connectivity index (χ0v) is 15.6. The summed E-state index contributed by atoms with van der Waals surface area (Å²) in [5.74, 6) is -0.880. The van der Waals surface area contributed by atoms with Gasteiger partial charge >= 0.3 is 5.97 Å². The van der Waals surface area contributed by atoms with E-state index in [1.165, 1.54) is 0 Å². The second-order valence-electron chi connectivity index (χ2n) is 6.55. The monoisotopic (exact) mass is 368 g/mol. The van der Waals surface area contributed by atoms with Crippen molar-refractivity contribution in [2.45, 2.75) is 20.0 Å². The van der Waals surface area contributed by atoms with E-state index in [0.717, 1.165) is 37.6 Å². The van der Waals surface area contributed by atoms with Crippen molar-refractivity contribution in [1.82, 2.24) is 0 Å². The van der Waals surface area contributed by atoms with Crippen molar-refractivity contribution in [2.75, 3.05) is 36.5 Å². The summed E-state index contributed by atoms with van der Waals surface area (Å²) in [5.41, 5.74) is 3.23. The summed E-state index contributed by atoms with van der Waals surface area (Å²) in [4.78, 5) is 26.7. The molecule has 1 heterocycles. The van der Waals surface area contributed by atoms with Gasteiger partial charge in [-0.3, -0.25) is 4.79 Å². The number of nitrogens with zero attached hydrogens (tertiary/aromatic N) is 1. The molecule has 6 heteroatoms. The Hall–Kier alpha value is -2.86. The third kappa shape index (κ3) is 5.08.